The summed E-state index contributed by atoms with van der Waals surface area (Å²) >= 11 is 0. The van der Waals surface area contributed by atoms with Gasteiger partial charge in [0.2, 0.25) is 0 Å². The molecule has 2 heterocycles. The van der Waals surface area contributed by atoms with E-state index in [0.29, 0.717) is 0 Å². The molecule has 0 aliphatic carbocycles. The molecule has 0 aliphatic heterocycles. The van der Waals surface area contributed by atoms with Crippen LogP contribution in [0.15, 0.2) is 36.9 Å². The van der Waals surface area contributed by atoms with Gasteiger partial charge in [0.1, 0.15) is 0 Å². The molecule has 0 saturated heterocycles. The van der Waals surface area contributed by atoms with Gasteiger partial charge in [0.25, 0.3) is 0 Å². The Kier molecular flexibility index (Phi) is 2.08. The Labute approximate surface area is 77.0 Å². The first kappa shape index (κ1) is 7.98. The van der Waals surface area contributed by atoms with E-state index in [0.717, 1.165) is 12.1 Å². The Morgan fingerprint density at radius 1 is 1.31 bits per heavy atom. The maximum atomic E-state index is 4.25. The van der Waals surface area contributed by atoms with Crippen LogP contribution in [0.3, 0.4) is 0 Å². The Balaban J connectivity index is 2.36. The van der Waals surface area contributed by atoms with E-state index in [4.69, 9.17) is 0 Å². The van der Waals surface area contributed by atoms with Crippen LogP contribution in [0.4, 0.5) is 0 Å². The molecule has 0 atom stereocenters. The van der Waals surface area contributed by atoms with E-state index in [1.807, 2.05) is 29.2 Å². The summed E-state index contributed by atoms with van der Waals surface area (Å²) in [5.41, 5.74) is 2.30. The van der Waals surface area contributed by atoms with E-state index in [1.54, 1.807) is 12.4 Å². The molecule has 13 heavy (non-hydrogen) atoms. The van der Waals surface area contributed by atoms with Crippen LogP contribution in [0.25, 0.3) is 5.69 Å². The summed E-state index contributed by atoms with van der Waals surface area (Å²) in [7, 11) is 0. The molecular weight excluding hydrogens is 162 g/mol. The van der Waals surface area contributed by atoms with Crippen LogP contribution >= 0.6 is 0 Å². The van der Waals surface area contributed by atoms with Crippen molar-refractivity contribution in [3.63, 3.8) is 0 Å². The van der Waals surface area contributed by atoms with E-state index in [9.17, 15) is 0 Å². The Morgan fingerprint density at radius 3 is 2.69 bits per heavy atom. The van der Waals surface area contributed by atoms with Crippen molar-refractivity contribution in [2.45, 2.75) is 13.3 Å². The molecule has 0 aliphatic rings. The van der Waals surface area contributed by atoms with Crippen LogP contribution in [0.2, 0.25) is 0 Å². The lowest BCUT2D eigenvalue weighted by molar-refractivity contribution is 0.877. The zero-order valence-electron chi connectivity index (χ0n) is 7.51. The molecule has 2 rings (SSSR count). The van der Waals surface area contributed by atoms with Crippen molar-refractivity contribution in [2.75, 3.05) is 0 Å². The average Bonchev–Trinajstić information content (AvgIpc) is 2.67. The van der Waals surface area contributed by atoms with Gasteiger partial charge in [0, 0.05) is 18.6 Å². The molecule has 0 fully saturated rings. The van der Waals surface area contributed by atoms with Gasteiger partial charge >= 0.3 is 0 Å². The highest BCUT2D eigenvalue weighted by molar-refractivity contribution is 5.28. The number of hydrogen-bond donors (Lipinski definition) is 0. The van der Waals surface area contributed by atoms with E-state index in [1.165, 1.54) is 5.56 Å². The maximum absolute atomic E-state index is 4.25. The third kappa shape index (κ3) is 1.59. The number of aryl methyl sites for hydroxylation is 1. The molecule has 0 radical (unpaired) electrons. The fourth-order valence-corrected chi connectivity index (χ4v) is 1.18. The van der Waals surface area contributed by atoms with Crippen molar-refractivity contribution in [2.24, 2.45) is 0 Å². The van der Waals surface area contributed by atoms with Crippen molar-refractivity contribution in [3.05, 3.63) is 42.5 Å². The van der Waals surface area contributed by atoms with Gasteiger partial charge in [-0.25, -0.2) is 4.68 Å². The van der Waals surface area contributed by atoms with Crippen LogP contribution in [-0.2, 0) is 6.42 Å². The van der Waals surface area contributed by atoms with Gasteiger partial charge in [-0.1, -0.05) is 6.92 Å². The van der Waals surface area contributed by atoms with Crippen LogP contribution in [0.1, 0.15) is 12.5 Å². The Morgan fingerprint density at radius 2 is 2.08 bits per heavy atom. The molecule has 2 aromatic rings. The monoisotopic (exact) mass is 173 g/mol. The summed E-state index contributed by atoms with van der Waals surface area (Å²) in [5, 5.41) is 4.25. The maximum Gasteiger partial charge on any atom is 0.0676 e. The topological polar surface area (TPSA) is 30.7 Å². The van der Waals surface area contributed by atoms with E-state index < -0.39 is 0 Å². The lowest BCUT2D eigenvalue weighted by Crippen LogP contribution is -1.93. The molecule has 0 saturated carbocycles. The minimum atomic E-state index is 1.02. The molecule has 0 unspecified atom stereocenters. The smallest absolute Gasteiger partial charge is 0.0676 e. The van der Waals surface area contributed by atoms with Crippen molar-refractivity contribution >= 4 is 0 Å². The molecule has 0 N–H and O–H groups in total. The normalized spacial score (nSPS) is 10.2. The zero-order chi connectivity index (χ0) is 9.10. The lowest BCUT2D eigenvalue weighted by atomic mass is 10.3. The van der Waals surface area contributed by atoms with Crippen LogP contribution in [-0.4, -0.2) is 14.8 Å². The number of pyridine rings is 1. The molecule has 3 heteroatoms. The Bertz CT molecular complexity index is 378. The third-order valence-corrected chi connectivity index (χ3v) is 1.97. The summed E-state index contributed by atoms with van der Waals surface area (Å²) in [4.78, 5) is 3.96. The minimum absolute atomic E-state index is 1.02. The van der Waals surface area contributed by atoms with E-state index >= 15 is 0 Å². The van der Waals surface area contributed by atoms with Gasteiger partial charge in [-0.05, 0) is 24.1 Å². The minimum Gasteiger partial charge on any atom is -0.265 e. The highest BCUT2D eigenvalue weighted by Gasteiger charge is 1.97. The molecule has 2 aromatic heterocycles. The molecule has 0 aromatic carbocycles. The van der Waals surface area contributed by atoms with Crippen molar-refractivity contribution in [3.8, 4) is 5.69 Å². The summed E-state index contributed by atoms with van der Waals surface area (Å²) in [5.74, 6) is 0. The van der Waals surface area contributed by atoms with Crippen LogP contribution in [0, 0.1) is 0 Å². The average molecular weight is 173 g/mol. The first-order chi connectivity index (χ1) is 6.40. The van der Waals surface area contributed by atoms with Gasteiger partial charge in [-0.3, -0.25) is 4.98 Å². The number of nitrogens with zero attached hydrogens (tertiary/aromatic N) is 3. The first-order valence-corrected chi connectivity index (χ1v) is 4.34. The van der Waals surface area contributed by atoms with Crippen molar-refractivity contribution in [1.29, 1.82) is 0 Å². The third-order valence-electron chi connectivity index (χ3n) is 1.97. The molecule has 3 nitrogen and oxygen atoms in total. The molecule has 0 amide bonds. The van der Waals surface area contributed by atoms with Gasteiger partial charge < -0.3 is 0 Å². The zero-order valence-corrected chi connectivity index (χ0v) is 7.51. The summed E-state index contributed by atoms with van der Waals surface area (Å²) < 4.78 is 1.86. The number of aromatic nitrogens is 3. The number of rotatable bonds is 2. The fraction of sp³-hybridized carbons (Fsp3) is 0.200. The largest absolute Gasteiger partial charge is 0.265 e. The predicted molar refractivity (Wildman–Crippen MR) is 50.7 cm³/mol. The number of hydrogen-bond acceptors (Lipinski definition) is 2. The Hall–Kier alpha value is -1.64. The second kappa shape index (κ2) is 3.39. The summed E-state index contributed by atoms with van der Waals surface area (Å²) in [6.07, 6.45) is 8.48. The predicted octanol–water partition coefficient (Wildman–Crippen LogP) is 1.83. The molecule has 66 valence electrons. The second-order valence-corrected chi connectivity index (χ2v) is 2.85. The highest BCUT2D eigenvalue weighted by Crippen LogP contribution is 2.06. The van der Waals surface area contributed by atoms with Crippen molar-refractivity contribution in [1.82, 2.24) is 14.8 Å². The van der Waals surface area contributed by atoms with Gasteiger partial charge in [0.15, 0.2) is 0 Å². The fourth-order valence-electron chi connectivity index (χ4n) is 1.18. The quantitative estimate of drug-likeness (QED) is 0.693. The SMILES string of the molecule is CCc1cnn(-c2ccncc2)c1. The first-order valence-electron chi connectivity index (χ1n) is 4.34. The van der Waals surface area contributed by atoms with Gasteiger partial charge in [0.05, 0.1) is 11.9 Å². The van der Waals surface area contributed by atoms with Gasteiger partial charge in [-0.2, -0.15) is 5.10 Å². The van der Waals surface area contributed by atoms with Crippen LogP contribution < -0.4 is 0 Å². The van der Waals surface area contributed by atoms with Crippen molar-refractivity contribution < 1.29 is 0 Å². The standard InChI is InChI=1S/C10H11N3/c1-2-9-7-12-13(8-9)10-3-5-11-6-4-10/h3-8H,2H2,1H3. The van der Waals surface area contributed by atoms with E-state index in [-0.39, 0.29) is 0 Å². The second-order valence-electron chi connectivity index (χ2n) is 2.85. The molecule has 0 bridgehead atoms. The molecule has 0 spiro atoms. The summed E-state index contributed by atoms with van der Waals surface area (Å²) in [6, 6.07) is 3.87. The summed E-state index contributed by atoms with van der Waals surface area (Å²) in [6.45, 7) is 2.12. The lowest BCUT2D eigenvalue weighted by Gasteiger charge is -1.97. The molecular formula is C10H11N3. The van der Waals surface area contributed by atoms with Crippen LogP contribution in [0.5, 0.6) is 0 Å². The van der Waals surface area contributed by atoms with E-state index in [2.05, 4.69) is 17.0 Å². The highest BCUT2D eigenvalue weighted by atomic mass is 15.3. The van der Waals surface area contributed by atoms with Gasteiger partial charge in [-0.15, -0.1) is 0 Å².